The number of carbonyl (C=O) groups excluding carboxylic acids is 7. The summed E-state index contributed by atoms with van der Waals surface area (Å²) in [6.45, 7) is 19.0. The minimum Gasteiger partial charge on any atom is -0.481 e. The van der Waals surface area contributed by atoms with Crippen LogP contribution in [0.15, 0.2) is 29.6 Å². The van der Waals surface area contributed by atoms with Crippen molar-refractivity contribution >= 4 is 64.5 Å². The van der Waals surface area contributed by atoms with Gasteiger partial charge in [0.25, 0.3) is 11.8 Å². The predicted octanol–water partition coefficient (Wildman–Crippen LogP) is 5.82. The summed E-state index contributed by atoms with van der Waals surface area (Å²) in [6.07, 6.45) is 5.46. The van der Waals surface area contributed by atoms with Crippen LogP contribution in [0.4, 0.5) is 10.5 Å². The number of nitrogens with zero attached hydrogens (tertiary/aromatic N) is 3. The average molecular weight is 1090 g/mol. The number of rotatable bonds is 32. The highest BCUT2D eigenvalue weighted by Gasteiger charge is 2.40. The number of hydroxylamine groups is 2. The molecule has 1 aromatic heterocycles. The van der Waals surface area contributed by atoms with Crippen molar-refractivity contribution in [2.45, 2.75) is 189 Å². The molecule has 2 heterocycles. The van der Waals surface area contributed by atoms with E-state index in [1.807, 2.05) is 39.6 Å². The third-order valence-corrected chi connectivity index (χ3v) is 14.8. The van der Waals surface area contributed by atoms with Crippen molar-refractivity contribution in [3.63, 3.8) is 0 Å². The number of ether oxygens (including phenoxy) is 1. The van der Waals surface area contributed by atoms with Crippen LogP contribution in [0.25, 0.3) is 0 Å². The molecule has 10 N–H and O–H groups in total. The molecule has 7 amide bonds. The van der Waals surface area contributed by atoms with E-state index in [0.717, 1.165) is 43.6 Å². The number of carboxylic acid groups (broad SMARTS) is 1. The fourth-order valence-corrected chi connectivity index (χ4v) is 9.68. The number of aliphatic carboxylic acids is 1. The number of unbranched alkanes of at least 4 members (excludes halogenated alkanes) is 2. The van der Waals surface area contributed by atoms with E-state index in [0.29, 0.717) is 41.9 Å². The van der Waals surface area contributed by atoms with Gasteiger partial charge in [-0.25, -0.2) is 14.8 Å². The zero-order valence-electron chi connectivity index (χ0n) is 46.7. The van der Waals surface area contributed by atoms with E-state index in [4.69, 9.17) is 21.0 Å². The number of likely N-dealkylation sites (N-methyl/N-ethyl adjacent to an activating group) is 1. The van der Waals surface area contributed by atoms with Gasteiger partial charge in [0, 0.05) is 37.0 Å². The monoisotopic (exact) mass is 1080 g/mol. The van der Waals surface area contributed by atoms with Gasteiger partial charge in [-0.15, -0.1) is 11.3 Å². The molecule has 2 aromatic rings. The number of amides is 7. The lowest BCUT2D eigenvalue weighted by molar-refractivity contribution is -0.213. The topological polar surface area (TPSA) is 307 Å². The molecule has 21 nitrogen and oxygen atoms in total. The quantitative estimate of drug-likeness (QED) is 0.0243. The SMILES string of the molecule is CCCCCON(C(=O)[C@@H](NC(=O)[C@H]1CCCCN1C)[C@@H](C)CC)[C@H](C[C@@H](OC(C)=O)c1nc(C(=O)N[C@@H](Cc2ccc(NC(=O)[C@H](CCCNC(N)=O)NC(=O)[C@@H](N)C(C)C)cc2)CC(C)(C)C(=O)O)cs1)C(C)C. The summed E-state index contributed by atoms with van der Waals surface area (Å²) in [5.74, 6) is -4.56. The highest BCUT2D eigenvalue weighted by molar-refractivity contribution is 7.09. The second kappa shape index (κ2) is 31.5. The maximum atomic E-state index is 14.9. The number of anilines is 1. The molecule has 426 valence electrons. The fraction of sp³-hybridized carbons (Fsp3) is 0.685. The van der Waals surface area contributed by atoms with Crippen LogP contribution in [0, 0.1) is 23.2 Å². The largest absolute Gasteiger partial charge is 0.481 e. The van der Waals surface area contributed by atoms with Gasteiger partial charge in [-0.3, -0.25) is 43.3 Å². The first-order valence-corrected chi connectivity index (χ1v) is 27.8. The third-order valence-electron chi connectivity index (χ3n) is 13.9. The second-order valence-corrected chi connectivity index (χ2v) is 22.4. The zero-order chi connectivity index (χ0) is 56.9. The zero-order valence-corrected chi connectivity index (χ0v) is 47.5. The summed E-state index contributed by atoms with van der Waals surface area (Å²) in [5.41, 5.74) is 11.1. The molecule has 0 radical (unpaired) electrons. The first kappa shape index (κ1) is 64.6. The highest BCUT2D eigenvalue weighted by Crippen LogP contribution is 2.33. The van der Waals surface area contributed by atoms with Crippen LogP contribution in [0.1, 0.15) is 167 Å². The number of carbonyl (C=O) groups is 8. The van der Waals surface area contributed by atoms with Gasteiger partial charge in [0.1, 0.15) is 22.8 Å². The predicted molar refractivity (Wildman–Crippen MR) is 291 cm³/mol. The van der Waals surface area contributed by atoms with Crippen LogP contribution >= 0.6 is 11.3 Å². The molecule has 0 unspecified atom stereocenters. The van der Waals surface area contributed by atoms with Crippen molar-refractivity contribution in [3.05, 3.63) is 45.9 Å². The summed E-state index contributed by atoms with van der Waals surface area (Å²) in [6, 6.07) is 1.56. The van der Waals surface area contributed by atoms with Crippen LogP contribution in [0.5, 0.6) is 0 Å². The minimum atomic E-state index is -1.26. The molecule has 1 fully saturated rings. The summed E-state index contributed by atoms with van der Waals surface area (Å²) >= 11 is 1.10. The van der Waals surface area contributed by atoms with Crippen LogP contribution in [0.3, 0.4) is 0 Å². The molecule has 22 heteroatoms. The van der Waals surface area contributed by atoms with Gasteiger partial charge in [-0.2, -0.15) is 0 Å². The van der Waals surface area contributed by atoms with Gasteiger partial charge in [-0.1, -0.05) is 86.3 Å². The van der Waals surface area contributed by atoms with Crippen LogP contribution in [0.2, 0.25) is 0 Å². The first-order chi connectivity index (χ1) is 35.8. The van der Waals surface area contributed by atoms with Crippen molar-refractivity contribution in [3.8, 4) is 0 Å². The van der Waals surface area contributed by atoms with Crippen molar-refractivity contribution < 1.29 is 53.0 Å². The van der Waals surface area contributed by atoms with Gasteiger partial charge in [-0.05, 0) is 108 Å². The maximum absolute atomic E-state index is 14.9. The van der Waals surface area contributed by atoms with Crippen molar-refractivity contribution in [2.75, 3.05) is 32.1 Å². The van der Waals surface area contributed by atoms with Gasteiger partial charge < -0.3 is 47.9 Å². The molecular formula is C54H88N10O11S. The number of nitrogens with one attached hydrogen (secondary N) is 5. The molecule has 76 heavy (non-hydrogen) atoms. The average Bonchev–Trinajstić information content (AvgIpc) is 3.86. The molecular weight excluding hydrogens is 997 g/mol. The molecule has 1 saturated heterocycles. The molecule has 0 bridgehead atoms. The van der Waals surface area contributed by atoms with Crippen LogP contribution in [-0.2, 0) is 44.8 Å². The van der Waals surface area contributed by atoms with Crippen molar-refractivity contribution in [2.24, 2.45) is 34.6 Å². The molecule has 0 spiro atoms. The number of carboxylic acids is 1. The molecule has 1 aromatic carbocycles. The molecule has 3 rings (SSSR count). The number of hydrogen-bond acceptors (Lipinski definition) is 14. The third kappa shape index (κ3) is 20.7. The standard InChI is InChI=1S/C54H88N10O11S/c1-12-14-17-27-74-64(51(70)45(34(7)13-2)62-48(68)41-20-15-16-26-63(41)11)42(32(3)4)29-43(75-35(8)65)50-61-40(31-76-50)47(67)59-38(30-54(9,10)52(71)72)28-36-21-23-37(24-22-36)58-46(66)39(19-18-25-57-53(56)73)60-49(69)44(55)33(5)6/h21-24,31-34,38-39,41-45H,12-20,25-30,55H2,1-11H3,(H,58,66)(H,59,67)(H,60,69)(H,62,68)(H,71,72)(H3,56,57,73)/t34-,38-,39-,41+,42+,43+,44-,45-/m0/s1. The smallest absolute Gasteiger partial charge is 0.312 e. The van der Waals surface area contributed by atoms with E-state index >= 15 is 0 Å². The number of benzene rings is 1. The maximum Gasteiger partial charge on any atom is 0.312 e. The molecule has 0 saturated carbocycles. The Morgan fingerprint density at radius 3 is 2.20 bits per heavy atom. The van der Waals surface area contributed by atoms with Crippen molar-refractivity contribution in [1.29, 1.82) is 0 Å². The fourth-order valence-electron chi connectivity index (χ4n) is 8.84. The van der Waals surface area contributed by atoms with Gasteiger partial charge in [0.15, 0.2) is 6.10 Å². The Labute approximate surface area is 453 Å². The summed E-state index contributed by atoms with van der Waals surface area (Å²) < 4.78 is 5.91. The number of thiazole rings is 1. The van der Waals surface area contributed by atoms with Gasteiger partial charge in [0.05, 0.1) is 30.1 Å². The Morgan fingerprint density at radius 2 is 1.62 bits per heavy atom. The number of urea groups is 1. The summed E-state index contributed by atoms with van der Waals surface area (Å²) in [4.78, 5) is 119. The lowest BCUT2D eigenvalue weighted by Gasteiger charge is -2.39. The lowest BCUT2D eigenvalue weighted by atomic mass is 9.84. The van der Waals surface area contributed by atoms with Crippen molar-refractivity contribution in [1.82, 2.24) is 36.2 Å². The van der Waals surface area contributed by atoms with E-state index in [-0.39, 0.29) is 74.2 Å². The van der Waals surface area contributed by atoms with E-state index in [1.54, 1.807) is 52.0 Å². The number of esters is 1. The number of hydrogen-bond donors (Lipinski definition) is 8. The van der Waals surface area contributed by atoms with E-state index in [9.17, 15) is 43.5 Å². The molecule has 0 aliphatic carbocycles. The number of piperidine rings is 1. The Kier molecular flexibility index (Phi) is 26.8. The highest BCUT2D eigenvalue weighted by atomic mass is 32.1. The number of nitrogens with two attached hydrogens (primary N) is 2. The van der Waals surface area contributed by atoms with Gasteiger partial charge >= 0.3 is 18.0 Å². The number of likely N-dealkylation sites (tertiary alicyclic amines) is 1. The van der Waals surface area contributed by atoms with E-state index < -0.39 is 83.3 Å². The molecule has 1 aliphatic rings. The van der Waals surface area contributed by atoms with Crippen LogP contribution in [-0.4, -0.2) is 131 Å². The molecule has 8 atom stereocenters. The number of aromatic nitrogens is 1. The normalized spacial score (nSPS) is 16.8. The van der Waals surface area contributed by atoms with E-state index in [2.05, 4.69) is 38.5 Å². The summed E-state index contributed by atoms with van der Waals surface area (Å²) in [5, 5.41) is 27.4. The number of primary amides is 1. The lowest BCUT2D eigenvalue weighted by Crippen LogP contribution is -2.58. The Morgan fingerprint density at radius 1 is 0.934 bits per heavy atom. The van der Waals surface area contributed by atoms with Gasteiger partial charge in [0.2, 0.25) is 17.7 Å². The minimum absolute atomic E-state index is 0.00631. The second-order valence-electron chi connectivity index (χ2n) is 21.5. The first-order valence-electron chi connectivity index (χ1n) is 26.9. The van der Waals surface area contributed by atoms with E-state index in [1.165, 1.54) is 17.4 Å². The Bertz CT molecular complexity index is 2220. The summed E-state index contributed by atoms with van der Waals surface area (Å²) in [7, 11) is 1.92. The Balaban J connectivity index is 1.90. The van der Waals surface area contributed by atoms with Crippen LogP contribution < -0.4 is 38.1 Å². The molecule has 1 aliphatic heterocycles. The Hall–Kier alpha value is -5.71.